The standard InChI is InChI=1S/C13H11BrF3NO/c14-10-4-3-9(12(6-10)13(15,16)17)7-18-8-11-2-1-5-19-11/h1-6,18H,7-8H2. The largest absolute Gasteiger partial charge is 0.468 e. The predicted molar refractivity (Wildman–Crippen MR) is 68.4 cm³/mol. The first kappa shape index (κ1) is 14.1. The topological polar surface area (TPSA) is 25.2 Å². The molecule has 1 aromatic carbocycles. The highest BCUT2D eigenvalue weighted by atomic mass is 79.9. The van der Waals surface area contributed by atoms with Crippen molar-refractivity contribution < 1.29 is 17.6 Å². The SMILES string of the molecule is FC(F)(F)c1cc(Br)ccc1CNCc1ccco1. The molecule has 19 heavy (non-hydrogen) atoms. The molecule has 0 spiro atoms. The summed E-state index contributed by atoms with van der Waals surface area (Å²) < 4.78 is 44.1. The summed E-state index contributed by atoms with van der Waals surface area (Å²) in [6, 6.07) is 7.64. The molecule has 2 rings (SSSR count). The summed E-state index contributed by atoms with van der Waals surface area (Å²) in [6.07, 6.45) is -2.83. The van der Waals surface area contributed by atoms with Crippen LogP contribution in [0.5, 0.6) is 0 Å². The molecule has 0 aliphatic carbocycles. The first-order chi connectivity index (χ1) is 8.97. The molecule has 2 nitrogen and oxygen atoms in total. The van der Waals surface area contributed by atoms with Crippen molar-refractivity contribution in [3.63, 3.8) is 0 Å². The van der Waals surface area contributed by atoms with Gasteiger partial charge >= 0.3 is 6.18 Å². The van der Waals surface area contributed by atoms with Crippen LogP contribution >= 0.6 is 15.9 Å². The van der Waals surface area contributed by atoms with Gasteiger partial charge in [-0.25, -0.2) is 0 Å². The number of alkyl halides is 3. The molecule has 1 heterocycles. The van der Waals surface area contributed by atoms with Crippen molar-refractivity contribution >= 4 is 15.9 Å². The van der Waals surface area contributed by atoms with E-state index in [1.165, 1.54) is 12.3 Å². The van der Waals surface area contributed by atoms with Gasteiger partial charge in [0.1, 0.15) is 5.76 Å². The Bertz CT molecular complexity index is 537. The van der Waals surface area contributed by atoms with Crippen LogP contribution < -0.4 is 5.32 Å². The second-order valence-corrected chi connectivity index (χ2v) is 4.90. The molecular formula is C13H11BrF3NO. The zero-order valence-electron chi connectivity index (χ0n) is 9.80. The summed E-state index contributed by atoms with van der Waals surface area (Å²) in [5, 5.41) is 2.93. The number of nitrogens with one attached hydrogen (secondary N) is 1. The lowest BCUT2D eigenvalue weighted by molar-refractivity contribution is -0.138. The lowest BCUT2D eigenvalue weighted by atomic mass is 10.1. The van der Waals surface area contributed by atoms with Gasteiger partial charge in [0, 0.05) is 11.0 Å². The van der Waals surface area contributed by atoms with E-state index in [0.717, 1.165) is 6.07 Å². The van der Waals surface area contributed by atoms with Crippen molar-refractivity contribution in [1.82, 2.24) is 5.32 Å². The van der Waals surface area contributed by atoms with Gasteiger partial charge in [-0.2, -0.15) is 13.2 Å². The Balaban J connectivity index is 2.07. The minimum Gasteiger partial charge on any atom is -0.468 e. The number of furan rings is 1. The molecule has 0 fully saturated rings. The summed E-state index contributed by atoms with van der Waals surface area (Å²) in [7, 11) is 0. The second kappa shape index (κ2) is 5.79. The molecule has 0 atom stereocenters. The van der Waals surface area contributed by atoms with E-state index < -0.39 is 11.7 Å². The van der Waals surface area contributed by atoms with Gasteiger partial charge in [-0.3, -0.25) is 0 Å². The monoisotopic (exact) mass is 333 g/mol. The van der Waals surface area contributed by atoms with Gasteiger partial charge in [-0.15, -0.1) is 0 Å². The molecule has 2 aromatic rings. The van der Waals surface area contributed by atoms with Gasteiger partial charge in [0.2, 0.25) is 0 Å². The van der Waals surface area contributed by atoms with Crippen molar-refractivity contribution in [3.8, 4) is 0 Å². The third kappa shape index (κ3) is 3.84. The van der Waals surface area contributed by atoms with Gasteiger partial charge < -0.3 is 9.73 Å². The van der Waals surface area contributed by atoms with Crippen LogP contribution in [0.4, 0.5) is 13.2 Å². The summed E-state index contributed by atoms with van der Waals surface area (Å²) >= 11 is 3.05. The Kier molecular flexibility index (Phi) is 4.31. The Labute approximate surface area is 116 Å². The minimum absolute atomic E-state index is 0.128. The summed E-state index contributed by atoms with van der Waals surface area (Å²) in [5.74, 6) is 0.686. The molecule has 0 aliphatic heterocycles. The summed E-state index contributed by atoms with van der Waals surface area (Å²) in [4.78, 5) is 0. The molecule has 0 saturated heterocycles. The lowest BCUT2D eigenvalue weighted by Crippen LogP contribution is -2.17. The van der Waals surface area contributed by atoms with Crippen LogP contribution in [0.25, 0.3) is 0 Å². The van der Waals surface area contributed by atoms with E-state index in [2.05, 4.69) is 21.2 Å². The molecular weight excluding hydrogens is 323 g/mol. The van der Waals surface area contributed by atoms with Crippen molar-refractivity contribution in [2.45, 2.75) is 19.3 Å². The van der Waals surface area contributed by atoms with Crippen molar-refractivity contribution in [3.05, 3.63) is 58.0 Å². The third-order valence-corrected chi connectivity index (χ3v) is 3.07. The van der Waals surface area contributed by atoms with E-state index in [4.69, 9.17) is 4.42 Å². The number of hydrogen-bond donors (Lipinski definition) is 1. The number of rotatable bonds is 4. The molecule has 1 N–H and O–H groups in total. The zero-order valence-corrected chi connectivity index (χ0v) is 11.4. The first-order valence-electron chi connectivity index (χ1n) is 5.55. The maximum absolute atomic E-state index is 12.9. The van der Waals surface area contributed by atoms with E-state index in [9.17, 15) is 13.2 Å². The third-order valence-electron chi connectivity index (χ3n) is 2.57. The van der Waals surface area contributed by atoms with Gasteiger partial charge in [-0.05, 0) is 29.8 Å². The van der Waals surface area contributed by atoms with E-state index in [0.29, 0.717) is 16.8 Å². The van der Waals surface area contributed by atoms with Crippen LogP contribution in [0.15, 0.2) is 45.5 Å². The van der Waals surface area contributed by atoms with Gasteiger partial charge in [0.25, 0.3) is 0 Å². The predicted octanol–water partition coefficient (Wildman–Crippen LogP) is 4.35. The van der Waals surface area contributed by atoms with E-state index in [1.807, 2.05) is 0 Å². The maximum atomic E-state index is 12.9. The smallest absolute Gasteiger partial charge is 0.416 e. The highest BCUT2D eigenvalue weighted by Crippen LogP contribution is 2.33. The van der Waals surface area contributed by atoms with Crippen LogP contribution in [-0.2, 0) is 19.3 Å². The molecule has 102 valence electrons. The van der Waals surface area contributed by atoms with Gasteiger partial charge in [0.15, 0.2) is 0 Å². The van der Waals surface area contributed by atoms with Crippen LogP contribution in [0.2, 0.25) is 0 Å². The number of benzene rings is 1. The van der Waals surface area contributed by atoms with E-state index in [1.54, 1.807) is 18.2 Å². The van der Waals surface area contributed by atoms with Crippen LogP contribution in [0.3, 0.4) is 0 Å². The highest BCUT2D eigenvalue weighted by Gasteiger charge is 2.33. The number of hydrogen-bond acceptors (Lipinski definition) is 2. The van der Waals surface area contributed by atoms with Crippen molar-refractivity contribution in [1.29, 1.82) is 0 Å². The molecule has 0 amide bonds. The highest BCUT2D eigenvalue weighted by molar-refractivity contribution is 9.10. The average molecular weight is 334 g/mol. The quantitative estimate of drug-likeness (QED) is 0.899. The Morgan fingerprint density at radius 3 is 2.58 bits per heavy atom. The summed E-state index contributed by atoms with van der Waals surface area (Å²) in [6.45, 7) is 0.517. The zero-order chi connectivity index (χ0) is 13.9. The molecule has 1 aromatic heterocycles. The van der Waals surface area contributed by atoms with Crippen molar-refractivity contribution in [2.24, 2.45) is 0 Å². The summed E-state index contributed by atoms with van der Waals surface area (Å²) in [5.41, 5.74) is -0.420. The fourth-order valence-electron chi connectivity index (χ4n) is 1.70. The Morgan fingerprint density at radius 1 is 1.16 bits per heavy atom. The lowest BCUT2D eigenvalue weighted by Gasteiger charge is -2.13. The second-order valence-electron chi connectivity index (χ2n) is 3.98. The van der Waals surface area contributed by atoms with Crippen LogP contribution in [0.1, 0.15) is 16.9 Å². The van der Waals surface area contributed by atoms with Crippen LogP contribution in [0, 0.1) is 0 Å². The molecule has 0 saturated carbocycles. The molecule has 0 bridgehead atoms. The normalized spacial score (nSPS) is 11.8. The molecule has 0 aliphatic rings. The van der Waals surface area contributed by atoms with Gasteiger partial charge in [-0.1, -0.05) is 22.0 Å². The molecule has 0 radical (unpaired) electrons. The average Bonchev–Trinajstić information content (AvgIpc) is 2.83. The maximum Gasteiger partial charge on any atom is 0.416 e. The fourth-order valence-corrected chi connectivity index (χ4v) is 2.06. The van der Waals surface area contributed by atoms with E-state index in [-0.39, 0.29) is 12.1 Å². The van der Waals surface area contributed by atoms with E-state index >= 15 is 0 Å². The Hall–Kier alpha value is -1.27. The first-order valence-corrected chi connectivity index (χ1v) is 6.35. The molecule has 0 unspecified atom stereocenters. The minimum atomic E-state index is -4.36. The van der Waals surface area contributed by atoms with Gasteiger partial charge in [0.05, 0.1) is 18.4 Å². The fraction of sp³-hybridized carbons (Fsp3) is 0.231. The number of halogens is 4. The Morgan fingerprint density at radius 2 is 1.95 bits per heavy atom. The van der Waals surface area contributed by atoms with Crippen molar-refractivity contribution in [2.75, 3.05) is 0 Å². The molecule has 6 heteroatoms. The van der Waals surface area contributed by atoms with Crippen LogP contribution in [-0.4, -0.2) is 0 Å².